The summed E-state index contributed by atoms with van der Waals surface area (Å²) in [5, 5.41) is 8.52. The number of anilines is 1. The van der Waals surface area contributed by atoms with Crippen molar-refractivity contribution in [1.29, 1.82) is 0 Å². The van der Waals surface area contributed by atoms with Crippen molar-refractivity contribution >= 4 is 50.2 Å². The first kappa shape index (κ1) is 24.9. The Balaban J connectivity index is 1.82. The van der Waals surface area contributed by atoms with Crippen molar-refractivity contribution in [2.24, 2.45) is 12.1 Å². The summed E-state index contributed by atoms with van der Waals surface area (Å²) in [6, 6.07) is 13.1. The van der Waals surface area contributed by atoms with Crippen LogP contribution >= 0.6 is 12.2 Å². The van der Waals surface area contributed by atoms with Crippen LogP contribution in [0.25, 0.3) is 10.9 Å². The van der Waals surface area contributed by atoms with Gasteiger partial charge in [0.1, 0.15) is 0 Å². The third-order valence-electron chi connectivity index (χ3n) is 5.25. The normalized spacial score (nSPS) is 12.0. The molecule has 2 aromatic carbocycles. The van der Waals surface area contributed by atoms with E-state index >= 15 is 0 Å². The second-order valence-corrected chi connectivity index (χ2v) is 10.3. The van der Waals surface area contributed by atoms with Crippen molar-refractivity contribution in [1.82, 2.24) is 14.3 Å². The fraction of sp³-hybridized carbons (Fsp3) is 0.333. The van der Waals surface area contributed by atoms with Crippen molar-refractivity contribution in [3.63, 3.8) is 0 Å². The van der Waals surface area contributed by atoms with E-state index in [9.17, 15) is 8.42 Å². The molecule has 0 unspecified atom stereocenters. The summed E-state index contributed by atoms with van der Waals surface area (Å²) in [7, 11) is -1.64. The van der Waals surface area contributed by atoms with E-state index in [2.05, 4.69) is 15.8 Å². The molecular formula is C24H31N5O2S2. The molecule has 176 valence electrons. The Morgan fingerprint density at radius 3 is 2.42 bits per heavy atom. The molecule has 3 aromatic rings. The van der Waals surface area contributed by atoms with E-state index < -0.39 is 10.0 Å². The van der Waals surface area contributed by atoms with E-state index in [4.69, 9.17) is 12.2 Å². The van der Waals surface area contributed by atoms with Gasteiger partial charge < -0.3 is 9.88 Å². The Kier molecular flexibility index (Phi) is 8.23. The Morgan fingerprint density at radius 2 is 1.79 bits per heavy atom. The van der Waals surface area contributed by atoms with E-state index in [1.807, 2.05) is 68.9 Å². The summed E-state index contributed by atoms with van der Waals surface area (Å²) < 4.78 is 29.9. The van der Waals surface area contributed by atoms with E-state index in [1.165, 1.54) is 5.56 Å². The number of benzene rings is 2. The molecule has 0 aliphatic heterocycles. The molecule has 3 rings (SSSR count). The lowest BCUT2D eigenvalue weighted by molar-refractivity contribution is 0.410. The van der Waals surface area contributed by atoms with Gasteiger partial charge in [0.15, 0.2) is 5.11 Å². The van der Waals surface area contributed by atoms with Crippen molar-refractivity contribution in [2.75, 3.05) is 18.4 Å². The number of nitrogens with zero attached hydrogens (tertiary/aromatic N) is 3. The molecule has 0 atom stereocenters. The number of thiocarbonyl (C=S) groups is 1. The highest BCUT2D eigenvalue weighted by atomic mass is 32.2. The second-order valence-electron chi connectivity index (χ2n) is 7.97. The molecule has 1 aromatic heterocycles. The quantitative estimate of drug-likeness (QED) is 0.263. The number of nitrogens with one attached hydrogen (secondary N) is 2. The first-order valence-corrected chi connectivity index (χ1v) is 12.9. The Bertz CT molecular complexity index is 1240. The lowest BCUT2D eigenvalue weighted by Gasteiger charge is -2.21. The molecule has 0 aliphatic carbocycles. The molecule has 0 fully saturated rings. The maximum Gasteiger partial charge on any atom is 0.243 e. The van der Waals surface area contributed by atoms with E-state index in [-0.39, 0.29) is 0 Å². The number of hydrogen-bond donors (Lipinski definition) is 2. The van der Waals surface area contributed by atoms with Gasteiger partial charge in [-0.15, -0.1) is 0 Å². The summed E-state index contributed by atoms with van der Waals surface area (Å²) in [4.78, 5) is 0.294. The summed E-state index contributed by atoms with van der Waals surface area (Å²) in [5.41, 5.74) is 6.58. The van der Waals surface area contributed by atoms with Crippen LogP contribution in [0.15, 0.2) is 58.7 Å². The van der Waals surface area contributed by atoms with Crippen LogP contribution in [0.3, 0.4) is 0 Å². The van der Waals surface area contributed by atoms with Gasteiger partial charge in [0.25, 0.3) is 0 Å². The standard InChI is InChI=1S/C24H31N5O2S2/c1-5-13-29(14-6-2)33(30,31)21-11-12-23-22(15-21)19(17-28(23)4)16-25-27-24(32)26-20-9-7-18(3)8-10-20/h7-12,15-17H,5-6,13-14H2,1-4H3,(H2,26,27,32)/b25-16-. The fourth-order valence-corrected chi connectivity index (χ4v) is 5.44. The molecule has 0 saturated carbocycles. The summed E-state index contributed by atoms with van der Waals surface area (Å²) in [5.74, 6) is 0. The highest BCUT2D eigenvalue weighted by molar-refractivity contribution is 7.89. The molecule has 0 bridgehead atoms. The molecule has 7 nitrogen and oxygen atoms in total. The molecule has 33 heavy (non-hydrogen) atoms. The number of sulfonamides is 1. The Morgan fingerprint density at radius 1 is 1.12 bits per heavy atom. The van der Waals surface area contributed by atoms with E-state index in [0.29, 0.717) is 23.1 Å². The van der Waals surface area contributed by atoms with Crippen LogP contribution < -0.4 is 10.7 Å². The smallest absolute Gasteiger partial charge is 0.243 e. The van der Waals surface area contributed by atoms with Crippen molar-refractivity contribution in [2.45, 2.75) is 38.5 Å². The van der Waals surface area contributed by atoms with Crippen molar-refractivity contribution in [3.8, 4) is 0 Å². The fourth-order valence-electron chi connectivity index (χ4n) is 3.62. The van der Waals surface area contributed by atoms with Crippen LogP contribution in [-0.2, 0) is 17.1 Å². The molecule has 0 amide bonds. The predicted molar refractivity (Wildman–Crippen MR) is 140 cm³/mol. The van der Waals surface area contributed by atoms with Gasteiger partial charge in [0, 0.05) is 48.5 Å². The minimum Gasteiger partial charge on any atom is -0.350 e. The first-order chi connectivity index (χ1) is 15.8. The van der Waals surface area contributed by atoms with Gasteiger partial charge >= 0.3 is 0 Å². The minimum absolute atomic E-state index is 0.294. The molecule has 0 saturated heterocycles. The highest BCUT2D eigenvalue weighted by Gasteiger charge is 2.24. The lowest BCUT2D eigenvalue weighted by Crippen LogP contribution is -2.32. The van der Waals surface area contributed by atoms with Gasteiger partial charge in [-0.25, -0.2) is 8.42 Å². The van der Waals surface area contributed by atoms with Gasteiger partial charge in [0.2, 0.25) is 10.0 Å². The molecule has 1 heterocycles. The van der Waals surface area contributed by atoms with Crippen LogP contribution in [0, 0.1) is 6.92 Å². The number of aryl methyl sites for hydroxylation is 2. The Hall–Kier alpha value is -2.75. The van der Waals surface area contributed by atoms with Crippen molar-refractivity contribution < 1.29 is 8.42 Å². The topological polar surface area (TPSA) is 78.7 Å². The van der Waals surface area contributed by atoms with Crippen LogP contribution in [0.4, 0.5) is 5.69 Å². The zero-order chi connectivity index (χ0) is 24.0. The largest absolute Gasteiger partial charge is 0.350 e. The molecule has 0 spiro atoms. The SMILES string of the molecule is CCCN(CCC)S(=O)(=O)c1ccc2c(c1)c(/C=N\NC(=S)Nc1ccc(C)cc1)cn2C. The van der Waals surface area contributed by atoms with Gasteiger partial charge in [-0.1, -0.05) is 31.5 Å². The third-order valence-corrected chi connectivity index (χ3v) is 7.34. The van der Waals surface area contributed by atoms with Crippen LogP contribution in [0.2, 0.25) is 0 Å². The number of hydrazone groups is 1. The van der Waals surface area contributed by atoms with Gasteiger partial charge in [-0.2, -0.15) is 9.41 Å². The van der Waals surface area contributed by atoms with Crippen LogP contribution in [-0.4, -0.2) is 41.7 Å². The van der Waals surface area contributed by atoms with Gasteiger partial charge in [-0.3, -0.25) is 5.43 Å². The molecule has 9 heteroatoms. The monoisotopic (exact) mass is 485 g/mol. The summed E-state index contributed by atoms with van der Waals surface area (Å²) >= 11 is 5.31. The Labute approximate surface area is 201 Å². The third kappa shape index (κ3) is 5.98. The predicted octanol–water partition coefficient (Wildman–Crippen LogP) is 4.62. The van der Waals surface area contributed by atoms with Crippen molar-refractivity contribution in [3.05, 3.63) is 59.8 Å². The molecule has 0 radical (unpaired) electrons. The summed E-state index contributed by atoms with van der Waals surface area (Å²) in [6.07, 6.45) is 5.11. The molecule has 2 N–H and O–H groups in total. The summed E-state index contributed by atoms with van der Waals surface area (Å²) in [6.45, 7) is 7.01. The average Bonchev–Trinajstić information content (AvgIpc) is 3.10. The van der Waals surface area contributed by atoms with Crippen LogP contribution in [0.1, 0.15) is 37.8 Å². The van der Waals surface area contributed by atoms with E-state index in [0.717, 1.165) is 35.0 Å². The minimum atomic E-state index is -3.56. The van der Waals surface area contributed by atoms with Gasteiger partial charge in [-0.05, 0) is 62.3 Å². The zero-order valence-corrected chi connectivity index (χ0v) is 21.1. The molecular weight excluding hydrogens is 454 g/mol. The zero-order valence-electron chi connectivity index (χ0n) is 19.5. The number of aromatic nitrogens is 1. The number of hydrogen-bond acceptors (Lipinski definition) is 4. The molecule has 0 aliphatic rings. The number of rotatable bonds is 9. The maximum absolute atomic E-state index is 13.2. The maximum atomic E-state index is 13.2. The van der Waals surface area contributed by atoms with Crippen LogP contribution in [0.5, 0.6) is 0 Å². The number of fused-ring (bicyclic) bond motifs is 1. The van der Waals surface area contributed by atoms with Gasteiger partial charge in [0.05, 0.1) is 11.1 Å². The second kappa shape index (κ2) is 10.9. The lowest BCUT2D eigenvalue weighted by atomic mass is 10.2. The van der Waals surface area contributed by atoms with E-state index in [1.54, 1.807) is 22.7 Å². The highest BCUT2D eigenvalue weighted by Crippen LogP contribution is 2.25. The average molecular weight is 486 g/mol. The first-order valence-electron chi connectivity index (χ1n) is 11.0.